The van der Waals surface area contributed by atoms with Crippen LogP contribution in [0.25, 0.3) is 0 Å². The minimum atomic E-state index is -0.904. The van der Waals surface area contributed by atoms with Gasteiger partial charge in [0.1, 0.15) is 0 Å². The molecule has 0 saturated heterocycles. The molecule has 1 aromatic rings. The van der Waals surface area contributed by atoms with E-state index in [2.05, 4.69) is 0 Å². The molecule has 0 bridgehead atoms. The van der Waals surface area contributed by atoms with Crippen LogP contribution in [0.4, 0.5) is 0 Å². The summed E-state index contributed by atoms with van der Waals surface area (Å²) in [6, 6.07) is 1.69. The first-order valence-electron chi connectivity index (χ1n) is 3.73. The third-order valence-electron chi connectivity index (χ3n) is 1.68. The number of rotatable bonds is 2. The Morgan fingerprint density at radius 1 is 1.50 bits per heavy atom. The van der Waals surface area contributed by atoms with E-state index in [0.717, 1.165) is 0 Å². The average molecular weight is 184 g/mol. The molecule has 0 fully saturated rings. The van der Waals surface area contributed by atoms with Crippen LogP contribution in [-0.2, 0) is 0 Å². The predicted molar refractivity (Wildman–Crippen MR) is 49.4 cm³/mol. The molecule has 1 heterocycles. The maximum absolute atomic E-state index is 9.44. The second-order valence-corrected chi connectivity index (χ2v) is 3.11. The molecule has 2 N–H and O–H groups in total. The van der Waals surface area contributed by atoms with Crippen LogP contribution in [0.1, 0.15) is 18.6 Å². The van der Waals surface area contributed by atoms with Crippen LogP contribution < -0.4 is 0 Å². The predicted octanol–water partition coefficient (Wildman–Crippen LogP) is 1.09. The average Bonchev–Trinajstić information content (AvgIpc) is 2.04. The Morgan fingerprint density at radius 3 is 2.67 bits per heavy atom. The van der Waals surface area contributed by atoms with Crippen LogP contribution in [0, 0.1) is 0 Å². The molecule has 0 aliphatic heterocycles. The van der Waals surface area contributed by atoms with E-state index in [0.29, 0.717) is 10.6 Å². The standard InChI is InChI=1S/C8H10BClO2/c1-5(11)8(12)6-2-3-9-4-7(6)10/h2-5,8,11-12H,1H3/t5-,8+/m1/s1. The van der Waals surface area contributed by atoms with Crippen LogP contribution in [0.2, 0.25) is 5.02 Å². The molecule has 1 aromatic heterocycles. The topological polar surface area (TPSA) is 40.5 Å². The summed E-state index contributed by atoms with van der Waals surface area (Å²) in [5.74, 6) is 3.45. The first-order chi connectivity index (χ1) is 5.63. The van der Waals surface area contributed by atoms with Gasteiger partial charge in [0.25, 0.3) is 0 Å². The van der Waals surface area contributed by atoms with Crippen molar-refractivity contribution in [3.63, 3.8) is 0 Å². The van der Waals surface area contributed by atoms with Gasteiger partial charge in [0.2, 0.25) is 0 Å². The second kappa shape index (κ2) is 4.03. The van der Waals surface area contributed by atoms with Crippen molar-refractivity contribution in [1.82, 2.24) is 0 Å². The summed E-state index contributed by atoms with van der Waals surface area (Å²) in [5, 5.41) is 19.0. The Labute approximate surface area is 77.0 Å². The molecule has 0 aliphatic rings. The zero-order valence-electron chi connectivity index (χ0n) is 6.74. The van der Waals surface area contributed by atoms with Gasteiger partial charge in [-0.1, -0.05) is 0 Å². The monoisotopic (exact) mass is 184 g/mol. The van der Waals surface area contributed by atoms with Crippen LogP contribution in [0.15, 0.2) is 18.0 Å². The Balaban J connectivity index is 2.94. The number of hydrogen-bond acceptors (Lipinski definition) is 2. The molecule has 0 radical (unpaired) electrons. The molecule has 0 aliphatic carbocycles. The van der Waals surface area contributed by atoms with Gasteiger partial charge < -0.3 is 0 Å². The second-order valence-electron chi connectivity index (χ2n) is 2.71. The zero-order valence-corrected chi connectivity index (χ0v) is 7.49. The van der Waals surface area contributed by atoms with E-state index in [1.165, 1.54) is 6.92 Å². The Kier molecular flexibility index (Phi) is 3.26. The van der Waals surface area contributed by atoms with E-state index in [1.54, 1.807) is 24.9 Å². The van der Waals surface area contributed by atoms with Crippen molar-refractivity contribution >= 4 is 18.5 Å². The summed E-state index contributed by atoms with van der Waals surface area (Å²) in [4.78, 5) is 0. The summed E-state index contributed by atoms with van der Waals surface area (Å²) in [6.45, 7) is 3.30. The molecule has 0 aromatic carbocycles. The van der Waals surface area contributed by atoms with Gasteiger partial charge in [-0.15, -0.1) is 0 Å². The molecule has 0 saturated carbocycles. The van der Waals surface area contributed by atoms with Gasteiger partial charge in [0.15, 0.2) is 0 Å². The minimum absolute atomic E-state index is 0.478. The van der Waals surface area contributed by atoms with Crippen LogP contribution in [-0.4, -0.2) is 23.2 Å². The van der Waals surface area contributed by atoms with Gasteiger partial charge in [-0.3, -0.25) is 0 Å². The summed E-state index contributed by atoms with van der Waals surface area (Å²) in [5.41, 5.74) is 0.564. The van der Waals surface area contributed by atoms with Gasteiger partial charge in [-0.2, -0.15) is 0 Å². The molecule has 4 heteroatoms. The van der Waals surface area contributed by atoms with Gasteiger partial charge >= 0.3 is 76.4 Å². The Morgan fingerprint density at radius 2 is 2.17 bits per heavy atom. The summed E-state index contributed by atoms with van der Waals surface area (Å²) >= 11 is 5.79. The number of aliphatic hydroxyl groups excluding tert-OH is 2. The quantitative estimate of drug-likeness (QED) is 0.722. The van der Waals surface area contributed by atoms with Crippen molar-refractivity contribution in [2.75, 3.05) is 0 Å². The third kappa shape index (κ3) is 2.06. The molecule has 1 rings (SSSR count). The molecule has 12 heavy (non-hydrogen) atoms. The van der Waals surface area contributed by atoms with Crippen molar-refractivity contribution in [2.24, 2.45) is 0 Å². The number of halogens is 1. The molecule has 64 valence electrons. The molecule has 2 atom stereocenters. The zero-order chi connectivity index (χ0) is 9.14. The van der Waals surface area contributed by atoms with Gasteiger partial charge in [-0.05, 0) is 0 Å². The summed E-state index contributed by atoms with van der Waals surface area (Å²) < 4.78 is 0. The van der Waals surface area contributed by atoms with Gasteiger partial charge in [0, 0.05) is 0 Å². The van der Waals surface area contributed by atoms with Crippen LogP contribution in [0.5, 0.6) is 0 Å². The molecular weight excluding hydrogens is 174 g/mol. The van der Waals surface area contributed by atoms with Crippen LogP contribution in [0.3, 0.4) is 0 Å². The van der Waals surface area contributed by atoms with E-state index in [4.69, 9.17) is 16.7 Å². The van der Waals surface area contributed by atoms with Crippen molar-refractivity contribution < 1.29 is 10.2 Å². The van der Waals surface area contributed by atoms with Crippen molar-refractivity contribution in [3.05, 3.63) is 28.6 Å². The number of hydrogen-bond donors (Lipinski definition) is 2. The van der Waals surface area contributed by atoms with Crippen molar-refractivity contribution in [3.8, 4) is 0 Å². The first-order valence-corrected chi connectivity index (χ1v) is 4.11. The Bertz CT molecular complexity index is 265. The fourth-order valence-corrected chi connectivity index (χ4v) is 1.22. The fourth-order valence-electron chi connectivity index (χ4n) is 0.975. The van der Waals surface area contributed by atoms with Gasteiger partial charge in [0.05, 0.1) is 0 Å². The van der Waals surface area contributed by atoms with E-state index >= 15 is 0 Å². The summed E-state index contributed by atoms with van der Waals surface area (Å²) in [6.07, 6.45) is -1.71. The molecular formula is C8H10BClO2. The van der Waals surface area contributed by atoms with E-state index in [9.17, 15) is 5.11 Å². The van der Waals surface area contributed by atoms with E-state index in [-0.39, 0.29) is 0 Å². The molecule has 0 spiro atoms. The van der Waals surface area contributed by atoms with Gasteiger partial charge in [-0.25, -0.2) is 0 Å². The summed E-state index contributed by atoms with van der Waals surface area (Å²) in [7, 11) is 0. The Hall–Kier alpha value is -0.375. The first kappa shape index (κ1) is 9.71. The normalized spacial score (nSPS) is 15.3. The molecule has 0 unspecified atom stereocenters. The molecule has 2 nitrogen and oxygen atoms in total. The van der Waals surface area contributed by atoms with Crippen molar-refractivity contribution in [1.29, 1.82) is 0 Å². The van der Waals surface area contributed by atoms with E-state index < -0.39 is 12.2 Å². The third-order valence-corrected chi connectivity index (χ3v) is 2.03. The van der Waals surface area contributed by atoms with Crippen molar-refractivity contribution in [2.45, 2.75) is 19.1 Å². The van der Waals surface area contributed by atoms with E-state index in [1.807, 2.05) is 0 Å². The maximum atomic E-state index is 9.44. The molecule has 0 amide bonds. The fraction of sp³-hybridized carbons (Fsp3) is 0.375. The number of aliphatic hydroxyl groups is 2. The SMILES string of the molecule is C[C@@H](O)[C@H](O)c1ccbcc1Cl. The van der Waals surface area contributed by atoms with Crippen LogP contribution >= 0.6 is 11.6 Å².